The summed E-state index contributed by atoms with van der Waals surface area (Å²) in [5.74, 6) is -1.02. The number of piperidine rings is 1. The molecule has 9 nitrogen and oxygen atoms in total. The average Bonchev–Trinajstić information content (AvgIpc) is 2.84. The molecule has 0 N–H and O–H groups in total. The van der Waals surface area contributed by atoms with Gasteiger partial charge in [-0.15, -0.1) is 0 Å². The Hall–Kier alpha value is -3.05. The number of piperazine rings is 1. The maximum Gasteiger partial charge on any atom is 0.293 e. The van der Waals surface area contributed by atoms with E-state index in [0.717, 1.165) is 25.3 Å². The second-order valence-electron chi connectivity index (χ2n) is 8.13. The van der Waals surface area contributed by atoms with Gasteiger partial charge in [-0.1, -0.05) is 18.6 Å². The summed E-state index contributed by atoms with van der Waals surface area (Å²) in [5.41, 5.74) is 0.00162. The summed E-state index contributed by atoms with van der Waals surface area (Å²) in [6.45, 7) is 1.96. The number of nitrogens with zero attached hydrogens (tertiary/aromatic N) is 4. The van der Waals surface area contributed by atoms with Crippen molar-refractivity contribution in [1.82, 2.24) is 9.21 Å². The number of carbonyl (C=O) groups is 1. The van der Waals surface area contributed by atoms with E-state index in [-0.39, 0.29) is 29.2 Å². The first kappa shape index (κ1) is 23.1. The molecule has 0 saturated carbocycles. The molecule has 2 aromatic rings. The van der Waals surface area contributed by atoms with Crippen LogP contribution in [0.15, 0.2) is 47.4 Å². The van der Waals surface area contributed by atoms with E-state index < -0.39 is 26.7 Å². The van der Waals surface area contributed by atoms with Gasteiger partial charge in [0.25, 0.3) is 11.6 Å². The van der Waals surface area contributed by atoms with E-state index in [2.05, 4.69) is 0 Å². The number of halogens is 1. The van der Waals surface area contributed by atoms with Gasteiger partial charge in [0.05, 0.1) is 15.4 Å². The summed E-state index contributed by atoms with van der Waals surface area (Å²) in [7, 11) is -3.80. The highest BCUT2D eigenvalue weighted by atomic mass is 32.2. The van der Waals surface area contributed by atoms with Gasteiger partial charge < -0.3 is 9.80 Å². The van der Waals surface area contributed by atoms with Gasteiger partial charge in [-0.05, 0) is 37.1 Å². The molecular formula is C22H25FN4O5S. The second kappa shape index (κ2) is 9.44. The molecule has 2 aliphatic heterocycles. The van der Waals surface area contributed by atoms with Crippen LogP contribution in [0.3, 0.4) is 0 Å². The van der Waals surface area contributed by atoms with Crippen molar-refractivity contribution in [2.45, 2.75) is 24.2 Å². The molecular weight excluding hydrogens is 451 g/mol. The van der Waals surface area contributed by atoms with Crippen molar-refractivity contribution in [2.24, 2.45) is 0 Å². The Balaban J connectivity index is 1.52. The lowest BCUT2D eigenvalue weighted by Crippen LogP contribution is -2.49. The van der Waals surface area contributed by atoms with Crippen molar-refractivity contribution in [3.05, 3.63) is 64.0 Å². The van der Waals surface area contributed by atoms with E-state index in [1.54, 1.807) is 11.0 Å². The monoisotopic (exact) mass is 476 g/mol. The molecule has 0 atom stereocenters. The minimum absolute atomic E-state index is 0.01000. The largest absolute Gasteiger partial charge is 0.362 e. The van der Waals surface area contributed by atoms with Crippen LogP contribution in [0.4, 0.5) is 15.8 Å². The summed E-state index contributed by atoms with van der Waals surface area (Å²) in [6.07, 6.45) is 2.51. The Morgan fingerprint density at radius 1 is 0.939 bits per heavy atom. The normalized spacial score (nSPS) is 17.7. The first-order valence-corrected chi connectivity index (χ1v) is 12.3. The van der Waals surface area contributed by atoms with Gasteiger partial charge in [0, 0.05) is 45.3 Å². The van der Waals surface area contributed by atoms with Crippen molar-refractivity contribution < 1.29 is 22.5 Å². The molecule has 2 saturated heterocycles. The zero-order valence-electron chi connectivity index (χ0n) is 18.0. The van der Waals surface area contributed by atoms with Crippen LogP contribution in [-0.4, -0.2) is 67.7 Å². The third-order valence-corrected chi connectivity index (χ3v) is 8.00. The Morgan fingerprint density at radius 2 is 1.61 bits per heavy atom. The van der Waals surface area contributed by atoms with Crippen LogP contribution < -0.4 is 4.90 Å². The van der Waals surface area contributed by atoms with E-state index in [0.29, 0.717) is 31.9 Å². The second-order valence-corrected chi connectivity index (χ2v) is 10.1. The van der Waals surface area contributed by atoms with Crippen LogP contribution in [0, 0.1) is 15.9 Å². The van der Waals surface area contributed by atoms with Gasteiger partial charge in [0.15, 0.2) is 0 Å². The van der Waals surface area contributed by atoms with Crippen LogP contribution in [0.25, 0.3) is 0 Å². The molecule has 2 aromatic carbocycles. The Bertz CT molecular complexity index is 1160. The lowest BCUT2D eigenvalue weighted by atomic mass is 10.1. The molecule has 4 rings (SSSR count). The number of anilines is 1. The molecule has 0 spiro atoms. The zero-order valence-corrected chi connectivity index (χ0v) is 18.8. The van der Waals surface area contributed by atoms with E-state index >= 15 is 0 Å². The molecule has 33 heavy (non-hydrogen) atoms. The number of nitro groups is 1. The number of amides is 1. The van der Waals surface area contributed by atoms with Gasteiger partial charge in [0.1, 0.15) is 11.5 Å². The summed E-state index contributed by atoms with van der Waals surface area (Å²) in [5, 5.41) is 11.8. The number of carbonyl (C=O) groups excluding carboxylic acids is 1. The minimum Gasteiger partial charge on any atom is -0.362 e. The molecule has 2 aliphatic rings. The molecule has 0 unspecified atom stereocenters. The molecule has 0 aromatic heterocycles. The highest BCUT2D eigenvalue weighted by Crippen LogP contribution is 2.33. The molecule has 1 amide bonds. The van der Waals surface area contributed by atoms with Gasteiger partial charge >= 0.3 is 0 Å². The lowest BCUT2D eigenvalue weighted by molar-refractivity contribution is -0.384. The first-order valence-electron chi connectivity index (χ1n) is 10.9. The van der Waals surface area contributed by atoms with Gasteiger partial charge in [0.2, 0.25) is 10.0 Å². The fourth-order valence-electron chi connectivity index (χ4n) is 4.29. The van der Waals surface area contributed by atoms with E-state index in [4.69, 9.17) is 0 Å². The van der Waals surface area contributed by atoms with Crippen LogP contribution in [0.5, 0.6) is 0 Å². The Morgan fingerprint density at radius 3 is 2.24 bits per heavy atom. The van der Waals surface area contributed by atoms with Crippen molar-refractivity contribution in [1.29, 1.82) is 0 Å². The van der Waals surface area contributed by atoms with Crippen LogP contribution >= 0.6 is 0 Å². The van der Waals surface area contributed by atoms with Crippen molar-refractivity contribution in [3.63, 3.8) is 0 Å². The van der Waals surface area contributed by atoms with E-state index in [1.807, 2.05) is 0 Å². The molecule has 0 radical (unpaired) electrons. The van der Waals surface area contributed by atoms with Crippen molar-refractivity contribution >= 4 is 27.3 Å². The van der Waals surface area contributed by atoms with Gasteiger partial charge in [-0.2, -0.15) is 4.31 Å². The third kappa shape index (κ3) is 4.69. The van der Waals surface area contributed by atoms with Crippen LogP contribution in [0.1, 0.15) is 29.6 Å². The number of hydrogen-bond donors (Lipinski definition) is 0. The number of rotatable bonds is 5. The first-order chi connectivity index (χ1) is 15.8. The van der Waals surface area contributed by atoms with E-state index in [1.165, 1.54) is 39.5 Å². The third-order valence-electron chi connectivity index (χ3n) is 6.11. The SMILES string of the molecule is O=C(c1ccccc1F)N1CCN(c2ccc(S(=O)(=O)N3CCCCC3)cc2[N+](=O)[O-])CC1. The quantitative estimate of drug-likeness (QED) is 0.486. The van der Waals surface area contributed by atoms with E-state index in [9.17, 15) is 27.7 Å². The summed E-state index contributed by atoms with van der Waals surface area (Å²) in [4.78, 5) is 27.0. The van der Waals surface area contributed by atoms with Crippen LogP contribution in [-0.2, 0) is 10.0 Å². The Labute approximate surface area is 191 Å². The maximum atomic E-state index is 14.0. The molecule has 0 bridgehead atoms. The smallest absolute Gasteiger partial charge is 0.293 e. The Kier molecular flexibility index (Phi) is 6.61. The summed E-state index contributed by atoms with van der Waals surface area (Å²) >= 11 is 0. The highest BCUT2D eigenvalue weighted by Gasteiger charge is 2.31. The molecule has 0 aliphatic carbocycles. The lowest BCUT2D eigenvalue weighted by Gasteiger charge is -2.36. The molecule has 2 heterocycles. The summed E-state index contributed by atoms with van der Waals surface area (Å²) in [6, 6.07) is 9.75. The van der Waals surface area contributed by atoms with Gasteiger partial charge in [-0.3, -0.25) is 14.9 Å². The molecule has 11 heteroatoms. The predicted octanol–water partition coefficient (Wildman–Crippen LogP) is 2.87. The summed E-state index contributed by atoms with van der Waals surface area (Å²) < 4.78 is 41.2. The number of benzene rings is 2. The van der Waals surface area contributed by atoms with Gasteiger partial charge in [-0.25, -0.2) is 12.8 Å². The standard InChI is InChI=1S/C22H25FN4O5S/c23-19-7-3-2-6-18(19)22(28)25-14-12-24(13-15-25)20-9-8-17(16-21(20)27(29)30)33(31,32)26-10-4-1-5-11-26/h2-3,6-9,16H,1,4-5,10-15H2. The molecule has 176 valence electrons. The number of nitro benzene ring substituents is 1. The molecule has 2 fully saturated rings. The fraction of sp³-hybridized carbons (Fsp3) is 0.409. The van der Waals surface area contributed by atoms with Crippen molar-refractivity contribution in [2.75, 3.05) is 44.2 Å². The van der Waals surface area contributed by atoms with Crippen molar-refractivity contribution in [3.8, 4) is 0 Å². The average molecular weight is 477 g/mol. The number of sulfonamides is 1. The minimum atomic E-state index is -3.80. The zero-order chi connectivity index (χ0) is 23.6. The fourth-order valence-corrected chi connectivity index (χ4v) is 5.82. The number of hydrogen-bond acceptors (Lipinski definition) is 6. The van der Waals surface area contributed by atoms with Crippen LogP contribution in [0.2, 0.25) is 0 Å². The topological polar surface area (TPSA) is 104 Å². The predicted molar refractivity (Wildman–Crippen MR) is 120 cm³/mol. The highest BCUT2D eigenvalue weighted by molar-refractivity contribution is 7.89. The maximum absolute atomic E-state index is 14.0.